The molecule has 0 spiro atoms. The van der Waals surface area contributed by atoms with Gasteiger partial charge in [0.2, 0.25) is 0 Å². The molecule has 0 fully saturated rings. The zero-order valence-corrected chi connectivity index (χ0v) is 15.9. The Morgan fingerprint density at radius 3 is 2.93 bits per heavy atom. The molecule has 0 unspecified atom stereocenters. The molecule has 10 nitrogen and oxygen atoms in total. The van der Waals surface area contributed by atoms with Gasteiger partial charge in [-0.15, -0.1) is 0 Å². The quantitative estimate of drug-likeness (QED) is 0.686. The highest BCUT2D eigenvalue weighted by Gasteiger charge is 2.23. The van der Waals surface area contributed by atoms with Gasteiger partial charge >= 0.3 is 5.97 Å². The van der Waals surface area contributed by atoms with Crippen LogP contribution in [0.4, 0.5) is 5.82 Å². The van der Waals surface area contributed by atoms with E-state index >= 15 is 0 Å². The lowest BCUT2D eigenvalue weighted by Crippen LogP contribution is -2.13. The number of aryl methyl sites for hydroxylation is 1. The first-order chi connectivity index (χ1) is 13.4. The molecule has 10 heteroatoms. The summed E-state index contributed by atoms with van der Waals surface area (Å²) in [7, 11) is 0. The van der Waals surface area contributed by atoms with Gasteiger partial charge in [0, 0.05) is 24.5 Å². The minimum Gasteiger partial charge on any atom is -0.491 e. The summed E-state index contributed by atoms with van der Waals surface area (Å²) in [6.45, 7) is 6.85. The second-order valence-corrected chi connectivity index (χ2v) is 6.83. The number of anilines is 1. The minimum atomic E-state index is -0.956. The molecule has 0 amide bonds. The van der Waals surface area contributed by atoms with E-state index in [0.29, 0.717) is 30.5 Å². The molecule has 28 heavy (non-hydrogen) atoms. The molecule has 4 rings (SSSR count). The van der Waals surface area contributed by atoms with Crippen molar-refractivity contribution in [2.75, 3.05) is 18.5 Å². The SMILES string of the molecule is Cc1nc(-c2cn3c(n2)-c2cnc(NCC(=O)O)cc2OCC3)n(C(C)C)n1. The van der Waals surface area contributed by atoms with E-state index in [1.54, 1.807) is 12.3 Å². The third-order valence-corrected chi connectivity index (χ3v) is 4.35. The molecule has 0 radical (unpaired) electrons. The fourth-order valence-corrected chi connectivity index (χ4v) is 3.11. The van der Waals surface area contributed by atoms with Gasteiger partial charge in [0.25, 0.3) is 0 Å². The van der Waals surface area contributed by atoms with Crippen LogP contribution in [0.2, 0.25) is 0 Å². The number of hydrogen-bond donors (Lipinski definition) is 2. The van der Waals surface area contributed by atoms with Crippen molar-refractivity contribution in [3.63, 3.8) is 0 Å². The number of fused-ring (bicyclic) bond motifs is 3. The number of carbonyl (C=O) groups is 1. The summed E-state index contributed by atoms with van der Waals surface area (Å²) in [5.41, 5.74) is 1.49. The van der Waals surface area contributed by atoms with E-state index < -0.39 is 5.97 Å². The van der Waals surface area contributed by atoms with Gasteiger partial charge in [-0.3, -0.25) is 4.79 Å². The van der Waals surface area contributed by atoms with Crippen LogP contribution < -0.4 is 10.1 Å². The van der Waals surface area contributed by atoms with Crippen molar-refractivity contribution in [3.8, 4) is 28.7 Å². The largest absolute Gasteiger partial charge is 0.491 e. The number of imidazole rings is 1. The van der Waals surface area contributed by atoms with E-state index in [1.165, 1.54) is 0 Å². The molecule has 4 heterocycles. The smallest absolute Gasteiger partial charge is 0.322 e. The lowest BCUT2D eigenvalue weighted by atomic mass is 10.2. The molecule has 2 N–H and O–H groups in total. The molecular formula is C18H21N7O3. The fourth-order valence-electron chi connectivity index (χ4n) is 3.11. The maximum Gasteiger partial charge on any atom is 0.322 e. The highest BCUT2D eigenvalue weighted by molar-refractivity contribution is 5.73. The predicted molar refractivity (Wildman–Crippen MR) is 101 cm³/mol. The number of nitrogens with zero attached hydrogens (tertiary/aromatic N) is 6. The summed E-state index contributed by atoms with van der Waals surface area (Å²) >= 11 is 0. The summed E-state index contributed by atoms with van der Waals surface area (Å²) in [5.74, 6) is 2.25. The molecular weight excluding hydrogens is 362 g/mol. The van der Waals surface area contributed by atoms with Crippen LogP contribution in [0.25, 0.3) is 22.9 Å². The van der Waals surface area contributed by atoms with Crippen molar-refractivity contribution in [2.45, 2.75) is 33.4 Å². The second-order valence-electron chi connectivity index (χ2n) is 6.83. The molecule has 0 atom stereocenters. The Balaban J connectivity index is 1.74. The number of carboxylic acid groups (broad SMARTS) is 1. The van der Waals surface area contributed by atoms with Crippen molar-refractivity contribution >= 4 is 11.8 Å². The van der Waals surface area contributed by atoms with Gasteiger partial charge in [0.05, 0.1) is 12.1 Å². The van der Waals surface area contributed by atoms with Crippen LogP contribution in [-0.2, 0) is 11.3 Å². The average Bonchev–Trinajstić information content (AvgIpc) is 3.20. The van der Waals surface area contributed by atoms with Crippen LogP contribution in [0.1, 0.15) is 25.7 Å². The Bertz CT molecular complexity index is 1040. The topological polar surface area (TPSA) is 120 Å². The summed E-state index contributed by atoms with van der Waals surface area (Å²) in [5, 5.41) is 16.0. The summed E-state index contributed by atoms with van der Waals surface area (Å²) in [6.07, 6.45) is 3.60. The Hall–Kier alpha value is -3.43. The van der Waals surface area contributed by atoms with Crippen LogP contribution in [0.5, 0.6) is 5.75 Å². The Morgan fingerprint density at radius 1 is 1.36 bits per heavy atom. The highest BCUT2D eigenvalue weighted by Crippen LogP contribution is 2.34. The van der Waals surface area contributed by atoms with E-state index in [1.807, 2.05) is 22.4 Å². The van der Waals surface area contributed by atoms with Crippen LogP contribution in [0.3, 0.4) is 0 Å². The third kappa shape index (κ3) is 3.28. The predicted octanol–water partition coefficient (Wildman–Crippen LogP) is 1.98. The Labute approximate surface area is 161 Å². The number of carboxylic acids is 1. The van der Waals surface area contributed by atoms with Crippen molar-refractivity contribution in [2.24, 2.45) is 0 Å². The summed E-state index contributed by atoms with van der Waals surface area (Å²) in [6, 6.07) is 1.86. The average molecular weight is 383 g/mol. The zero-order valence-electron chi connectivity index (χ0n) is 15.9. The van der Waals surface area contributed by atoms with Gasteiger partial charge in [-0.05, 0) is 20.8 Å². The number of rotatable bonds is 5. The van der Waals surface area contributed by atoms with Gasteiger partial charge in [0.1, 0.15) is 42.1 Å². The highest BCUT2D eigenvalue weighted by atomic mass is 16.5. The zero-order chi connectivity index (χ0) is 19.8. The normalized spacial score (nSPS) is 12.9. The lowest BCUT2D eigenvalue weighted by molar-refractivity contribution is -0.134. The van der Waals surface area contributed by atoms with Gasteiger partial charge in [-0.2, -0.15) is 5.10 Å². The first-order valence-electron chi connectivity index (χ1n) is 9.02. The van der Waals surface area contributed by atoms with E-state index in [2.05, 4.69) is 34.2 Å². The molecule has 0 bridgehead atoms. The number of nitrogens with one attached hydrogen (secondary N) is 1. The Kier molecular flexibility index (Phi) is 4.46. The maximum atomic E-state index is 10.7. The standard InChI is InChI=1S/C18H21N7O3/c1-10(2)25-18(21-11(3)23-25)13-9-24-4-5-28-14-6-15(20-8-16(26)27)19-7-12(14)17(24)22-13/h6-7,9-10H,4-5,8H2,1-3H3,(H,19,20)(H,26,27). The second kappa shape index (κ2) is 6.95. The summed E-state index contributed by atoms with van der Waals surface area (Å²) < 4.78 is 9.71. The van der Waals surface area contributed by atoms with Crippen molar-refractivity contribution in [3.05, 3.63) is 24.3 Å². The fraction of sp³-hybridized carbons (Fsp3) is 0.389. The molecule has 3 aromatic rings. The molecule has 0 saturated carbocycles. The molecule has 0 saturated heterocycles. The van der Waals surface area contributed by atoms with Crippen molar-refractivity contribution < 1.29 is 14.6 Å². The van der Waals surface area contributed by atoms with E-state index in [0.717, 1.165) is 22.9 Å². The van der Waals surface area contributed by atoms with Crippen LogP contribution >= 0.6 is 0 Å². The van der Waals surface area contributed by atoms with Crippen LogP contribution in [0.15, 0.2) is 18.5 Å². The molecule has 146 valence electrons. The van der Waals surface area contributed by atoms with Crippen molar-refractivity contribution in [1.82, 2.24) is 29.3 Å². The van der Waals surface area contributed by atoms with Gasteiger partial charge in [0.15, 0.2) is 5.82 Å². The number of aromatic nitrogens is 6. The number of hydrogen-bond acceptors (Lipinski definition) is 7. The van der Waals surface area contributed by atoms with Gasteiger partial charge in [-0.1, -0.05) is 0 Å². The first-order valence-corrected chi connectivity index (χ1v) is 9.02. The van der Waals surface area contributed by atoms with Crippen molar-refractivity contribution in [1.29, 1.82) is 0 Å². The van der Waals surface area contributed by atoms with Gasteiger partial charge < -0.3 is 19.7 Å². The van der Waals surface area contributed by atoms with Crippen LogP contribution in [0, 0.1) is 6.92 Å². The van der Waals surface area contributed by atoms with E-state index in [9.17, 15) is 4.79 Å². The third-order valence-electron chi connectivity index (χ3n) is 4.35. The maximum absolute atomic E-state index is 10.7. The molecule has 1 aliphatic heterocycles. The molecule has 1 aliphatic rings. The van der Waals surface area contributed by atoms with E-state index in [4.69, 9.17) is 14.8 Å². The molecule has 0 aromatic carbocycles. The number of ether oxygens (including phenoxy) is 1. The van der Waals surface area contributed by atoms with E-state index in [-0.39, 0.29) is 12.6 Å². The first kappa shape index (κ1) is 18.0. The monoisotopic (exact) mass is 383 g/mol. The lowest BCUT2D eigenvalue weighted by Gasteiger charge is -2.09. The minimum absolute atomic E-state index is 0.165. The Morgan fingerprint density at radius 2 is 2.18 bits per heavy atom. The van der Waals surface area contributed by atoms with Crippen LogP contribution in [-0.4, -0.2) is 53.5 Å². The number of aliphatic carboxylic acids is 1. The molecule has 0 aliphatic carbocycles. The summed E-state index contributed by atoms with van der Waals surface area (Å²) in [4.78, 5) is 24.4. The van der Waals surface area contributed by atoms with Gasteiger partial charge in [-0.25, -0.2) is 19.6 Å². The number of pyridine rings is 1. The molecule has 3 aromatic heterocycles.